The molecule has 0 aliphatic heterocycles. The lowest BCUT2D eigenvalue weighted by Gasteiger charge is -2.02. The standard InChI is InChI=1S/C13H22N2O2S/c1-3-4-5-6-7-8-12(17)15-13-14-11(9-18-13)10(2)16/h9-10,16H,3-8H2,1-2H3,(H,14,15,17). The molecule has 1 heterocycles. The van der Waals surface area contributed by atoms with Crippen LogP contribution in [0.25, 0.3) is 0 Å². The highest BCUT2D eigenvalue weighted by molar-refractivity contribution is 7.13. The molecule has 1 atom stereocenters. The summed E-state index contributed by atoms with van der Waals surface area (Å²) < 4.78 is 0. The van der Waals surface area contributed by atoms with Gasteiger partial charge in [0.2, 0.25) is 5.91 Å². The SMILES string of the molecule is CCCCCCCC(=O)Nc1nc(C(C)O)cs1. The van der Waals surface area contributed by atoms with Gasteiger partial charge < -0.3 is 10.4 Å². The minimum atomic E-state index is -0.582. The van der Waals surface area contributed by atoms with Crippen molar-refractivity contribution in [2.75, 3.05) is 5.32 Å². The molecule has 18 heavy (non-hydrogen) atoms. The average Bonchev–Trinajstić information content (AvgIpc) is 2.77. The van der Waals surface area contributed by atoms with Gasteiger partial charge >= 0.3 is 0 Å². The molecule has 0 radical (unpaired) electrons. The van der Waals surface area contributed by atoms with Crippen LogP contribution in [0.1, 0.15) is 64.2 Å². The smallest absolute Gasteiger partial charge is 0.226 e. The first-order valence-electron chi connectivity index (χ1n) is 6.56. The molecule has 1 aromatic rings. The Kier molecular flexibility index (Phi) is 6.90. The minimum Gasteiger partial charge on any atom is -0.387 e. The van der Waals surface area contributed by atoms with Crippen LogP contribution in [0.15, 0.2) is 5.38 Å². The highest BCUT2D eigenvalue weighted by Crippen LogP contribution is 2.20. The molecule has 1 rings (SSSR count). The number of nitrogens with one attached hydrogen (secondary N) is 1. The Bertz CT molecular complexity index is 364. The molecule has 0 aromatic carbocycles. The number of aromatic nitrogens is 1. The monoisotopic (exact) mass is 270 g/mol. The second-order valence-corrected chi connectivity index (χ2v) is 5.32. The topological polar surface area (TPSA) is 62.2 Å². The molecule has 2 N–H and O–H groups in total. The van der Waals surface area contributed by atoms with Gasteiger partial charge in [-0.05, 0) is 13.3 Å². The van der Waals surface area contributed by atoms with E-state index in [0.717, 1.165) is 12.8 Å². The molecular weight excluding hydrogens is 248 g/mol. The number of anilines is 1. The molecule has 0 bridgehead atoms. The molecule has 1 amide bonds. The van der Waals surface area contributed by atoms with Gasteiger partial charge in [0.25, 0.3) is 0 Å². The Morgan fingerprint density at radius 3 is 2.78 bits per heavy atom. The minimum absolute atomic E-state index is 0.0120. The normalized spacial score (nSPS) is 12.4. The Balaban J connectivity index is 2.22. The molecule has 0 spiro atoms. The lowest BCUT2D eigenvalue weighted by Crippen LogP contribution is -2.11. The second kappa shape index (κ2) is 8.21. The van der Waals surface area contributed by atoms with Crippen LogP contribution in [-0.2, 0) is 4.79 Å². The van der Waals surface area contributed by atoms with Gasteiger partial charge in [-0.2, -0.15) is 0 Å². The van der Waals surface area contributed by atoms with Gasteiger partial charge in [0.15, 0.2) is 5.13 Å². The molecule has 5 heteroatoms. The zero-order chi connectivity index (χ0) is 13.4. The van der Waals surface area contributed by atoms with Gasteiger partial charge in [-0.25, -0.2) is 4.98 Å². The molecule has 1 unspecified atom stereocenters. The molecule has 0 saturated carbocycles. The zero-order valence-electron chi connectivity index (χ0n) is 11.1. The summed E-state index contributed by atoms with van der Waals surface area (Å²) in [6.45, 7) is 3.84. The van der Waals surface area contributed by atoms with Crippen LogP contribution < -0.4 is 5.32 Å². The van der Waals surface area contributed by atoms with Crippen molar-refractivity contribution in [3.63, 3.8) is 0 Å². The van der Waals surface area contributed by atoms with Gasteiger partial charge in [0, 0.05) is 11.8 Å². The van der Waals surface area contributed by atoms with Crippen LogP contribution in [0.5, 0.6) is 0 Å². The predicted octanol–water partition coefficient (Wildman–Crippen LogP) is 3.50. The van der Waals surface area contributed by atoms with Gasteiger partial charge in [-0.1, -0.05) is 32.6 Å². The summed E-state index contributed by atoms with van der Waals surface area (Å²) in [6, 6.07) is 0. The highest BCUT2D eigenvalue weighted by Gasteiger charge is 2.09. The van der Waals surface area contributed by atoms with Crippen LogP contribution in [0, 0.1) is 0 Å². The third kappa shape index (κ3) is 5.60. The average molecular weight is 270 g/mol. The first-order chi connectivity index (χ1) is 8.63. The van der Waals surface area contributed by atoms with Crippen molar-refractivity contribution in [3.8, 4) is 0 Å². The van der Waals surface area contributed by atoms with Crippen molar-refractivity contribution >= 4 is 22.4 Å². The Labute approximate surface area is 112 Å². The lowest BCUT2D eigenvalue weighted by atomic mass is 10.1. The number of nitrogens with zero attached hydrogens (tertiary/aromatic N) is 1. The number of rotatable bonds is 8. The van der Waals surface area contributed by atoms with Crippen molar-refractivity contribution in [2.45, 2.75) is 58.5 Å². The van der Waals surface area contributed by atoms with E-state index < -0.39 is 6.10 Å². The van der Waals surface area contributed by atoms with Crippen LogP contribution in [-0.4, -0.2) is 16.0 Å². The number of aliphatic hydroxyl groups excluding tert-OH is 1. The molecule has 1 aromatic heterocycles. The number of thiazole rings is 1. The quantitative estimate of drug-likeness (QED) is 0.711. The molecular formula is C13H22N2O2S. The number of unbranched alkanes of at least 4 members (excludes halogenated alkanes) is 4. The fourth-order valence-electron chi connectivity index (χ4n) is 1.61. The molecule has 0 fully saturated rings. The fraction of sp³-hybridized carbons (Fsp3) is 0.692. The maximum Gasteiger partial charge on any atom is 0.226 e. The van der Waals surface area contributed by atoms with E-state index in [1.807, 2.05) is 0 Å². The summed E-state index contributed by atoms with van der Waals surface area (Å²) in [6.07, 6.45) is 5.67. The lowest BCUT2D eigenvalue weighted by molar-refractivity contribution is -0.116. The van der Waals surface area contributed by atoms with Crippen LogP contribution in [0.4, 0.5) is 5.13 Å². The van der Waals surface area contributed by atoms with E-state index >= 15 is 0 Å². The number of hydrogen-bond donors (Lipinski definition) is 2. The summed E-state index contributed by atoms with van der Waals surface area (Å²) in [4.78, 5) is 15.8. The Hall–Kier alpha value is -0.940. The number of aliphatic hydroxyl groups is 1. The maximum absolute atomic E-state index is 11.6. The Morgan fingerprint density at radius 1 is 1.44 bits per heavy atom. The number of hydrogen-bond acceptors (Lipinski definition) is 4. The summed E-state index contributed by atoms with van der Waals surface area (Å²) in [7, 11) is 0. The number of carbonyl (C=O) groups is 1. The van der Waals surface area contributed by atoms with Gasteiger partial charge in [-0.3, -0.25) is 4.79 Å². The first-order valence-corrected chi connectivity index (χ1v) is 7.44. The van der Waals surface area contributed by atoms with E-state index in [4.69, 9.17) is 0 Å². The van der Waals surface area contributed by atoms with Crippen LogP contribution in [0.2, 0.25) is 0 Å². The van der Waals surface area contributed by atoms with Crippen molar-refractivity contribution in [2.24, 2.45) is 0 Å². The van der Waals surface area contributed by atoms with E-state index in [1.165, 1.54) is 30.6 Å². The van der Waals surface area contributed by atoms with Crippen molar-refractivity contribution in [1.29, 1.82) is 0 Å². The second-order valence-electron chi connectivity index (χ2n) is 4.47. The summed E-state index contributed by atoms with van der Waals surface area (Å²) in [5.74, 6) is 0.0120. The fourth-order valence-corrected chi connectivity index (χ4v) is 2.42. The van der Waals surface area contributed by atoms with Crippen LogP contribution >= 0.6 is 11.3 Å². The molecule has 102 valence electrons. The van der Waals surface area contributed by atoms with Crippen molar-refractivity contribution in [3.05, 3.63) is 11.1 Å². The van der Waals surface area contributed by atoms with Gasteiger partial charge in [-0.15, -0.1) is 11.3 Å². The van der Waals surface area contributed by atoms with Gasteiger partial charge in [0.05, 0.1) is 11.8 Å². The van der Waals surface area contributed by atoms with E-state index in [2.05, 4.69) is 17.2 Å². The molecule has 0 aliphatic rings. The van der Waals surface area contributed by atoms with E-state index in [0.29, 0.717) is 17.2 Å². The largest absolute Gasteiger partial charge is 0.387 e. The van der Waals surface area contributed by atoms with Crippen molar-refractivity contribution in [1.82, 2.24) is 4.98 Å². The van der Waals surface area contributed by atoms with E-state index in [1.54, 1.807) is 12.3 Å². The molecule has 4 nitrogen and oxygen atoms in total. The number of amides is 1. The van der Waals surface area contributed by atoms with E-state index in [9.17, 15) is 9.90 Å². The third-order valence-corrected chi connectivity index (χ3v) is 3.48. The van der Waals surface area contributed by atoms with Gasteiger partial charge in [0.1, 0.15) is 0 Å². The van der Waals surface area contributed by atoms with E-state index in [-0.39, 0.29) is 5.91 Å². The van der Waals surface area contributed by atoms with Crippen LogP contribution in [0.3, 0.4) is 0 Å². The maximum atomic E-state index is 11.6. The third-order valence-electron chi connectivity index (χ3n) is 2.70. The molecule has 0 aliphatic carbocycles. The molecule has 0 saturated heterocycles. The number of carbonyl (C=O) groups excluding carboxylic acids is 1. The summed E-state index contributed by atoms with van der Waals surface area (Å²) in [5, 5.41) is 14.4. The summed E-state index contributed by atoms with van der Waals surface area (Å²) >= 11 is 1.35. The summed E-state index contributed by atoms with van der Waals surface area (Å²) in [5.41, 5.74) is 0.609. The zero-order valence-corrected chi connectivity index (χ0v) is 11.9. The first kappa shape index (κ1) is 15.1. The highest BCUT2D eigenvalue weighted by atomic mass is 32.1. The van der Waals surface area contributed by atoms with Crippen molar-refractivity contribution < 1.29 is 9.90 Å². The predicted molar refractivity (Wildman–Crippen MR) is 74.8 cm³/mol. The Morgan fingerprint density at radius 2 is 2.17 bits per heavy atom.